The molecule has 0 radical (unpaired) electrons. The Bertz CT molecular complexity index is 969. The number of nitrogens with one attached hydrogen (secondary N) is 1. The van der Waals surface area contributed by atoms with Crippen LogP contribution in [0.5, 0.6) is 0 Å². The Morgan fingerprint density at radius 3 is 2.92 bits per heavy atom. The number of para-hydroxylation sites is 2. The van der Waals surface area contributed by atoms with Crippen molar-refractivity contribution in [2.24, 2.45) is 7.05 Å². The first-order valence-electron chi connectivity index (χ1n) is 7.58. The van der Waals surface area contributed by atoms with E-state index in [1.54, 1.807) is 0 Å². The molecule has 0 saturated heterocycles. The van der Waals surface area contributed by atoms with E-state index in [2.05, 4.69) is 26.6 Å². The highest BCUT2D eigenvalue weighted by Gasteiger charge is 2.17. The molecule has 2 aromatic heterocycles. The van der Waals surface area contributed by atoms with Gasteiger partial charge >= 0.3 is 0 Å². The predicted octanol–water partition coefficient (Wildman–Crippen LogP) is 3.44. The molecule has 0 atom stereocenters. The maximum Gasteiger partial charge on any atom is 0.206 e. The quantitative estimate of drug-likeness (QED) is 0.388. The Kier molecular flexibility index (Phi) is 5.21. The minimum absolute atomic E-state index is 0.0221. The first-order valence-corrected chi connectivity index (χ1v) is 9.38. The molecule has 128 valence electrons. The maximum atomic E-state index is 10.4. The molecule has 0 bridgehead atoms. The van der Waals surface area contributed by atoms with E-state index in [-0.39, 0.29) is 17.1 Å². The van der Waals surface area contributed by atoms with E-state index < -0.39 is 0 Å². The fraction of sp³-hybridized carbons (Fsp3) is 0.250. The molecule has 3 rings (SSSR count). The zero-order chi connectivity index (χ0) is 17.8. The first kappa shape index (κ1) is 17.3. The lowest BCUT2D eigenvalue weighted by atomic mass is 10.2. The third kappa shape index (κ3) is 3.60. The summed E-state index contributed by atoms with van der Waals surface area (Å²) >= 11 is 2.75. The number of aliphatic hydroxyl groups excluding tert-OH is 1. The standard InChI is InChI=1S/C16H16N6OS2/c1-3-18-15-20-21-16(25-15)24-9-13(23)10(8-17)14-19-11-6-4-5-7-12(11)22(14)2/h4-7,23H,3,9H2,1-2H3,(H,18,20). The topological polar surface area (TPSA) is 99.7 Å². The third-order valence-corrected chi connectivity index (χ3v) is 5.50. The molecule has 0 aliphatic carbocycles. The highest BCUT2D eigenvalue weighted by molar-refractivity contribution is 8.01. The van der Waals surface area contributed by atoms with Crippen LogP contribution in [0.4, 0.5) is 5.13 Å². The van der Waals surface area contributed by atoms with Crippen LogP contribution in [0.25, 0.3) is 16.6 Å². The lowest BCUT2D eigenvalue weighted by Crippen LogP contribution is -2.00. The van der Waals surface area contributed by atoms with Crippen LogP contribution in [0.15, 0.2) is 34.4 Å². The second-order valence-electron chi connectivity index (χ2n) is 5.11. The van der Waals surface area contributed by atoms with Crippen LogP contribution in [0.2, 0.25) is 0 Å². The number of imidazole rings is 1. The van der Waals surface area contributed by atoms with Crippen molar-refractivity contribution in [3.05, 3.63) is 35.8 Å². The van der Waals surface area contributed by atoms with Gasteiger partial charge in [0.15, 0.2) is 10.2 Å². The van der Waals surface area contributed by atoms with E-state index in [9.17, 15) is 10.4 Å². The van der Waals surface area contributed by atoms with Crippen molar-refractivity contribution < 1.29 is 5.11 Å². The van der Waals surface area contributed by atoms with Gasteiger partial charge in [-0.2, -0.15) is 5.26 Å². The number of nitriles is 1. The molecule has 9 heteroatoms. The van der Waals surface area contributed by atoms with Crippen LogP contribution < -0.4 is 5.32 Å². The number of aromatic nitrogens is 4. The van der Waals surface area contributed by atoms with Crippen molar-refractivity contribution in [2.45, 2.75) is 11.3 Å². The number of aryl methyl sites for hydroxylation is 1. The van der Waals surface area contributed by atoms with Gasteiger partial charge in [0, 0.05) is 13.6 Å². The van der Waals surface area contributed by atoms with Gasteiger partial charge in [-0.05, 0) is 19.1 Å². The fourth-order valence-corrected chi connectivity index (χ4v) is 4.00. The normalized spacial score (nSPS) is 12.0. The Morgan fingerprint density at radius 1 is 1.40 bits per heavy atom. The summed E-state index contributed by atoms with van der Waals surface area (Å²) in [6.07, 6.45) is 0. The zero-order valence-corrected chi connectivity index (χ0v) is 15.4. The summed E-state index contributed by atoms with van der Waals surface area (Å²) in [5, 5.41) is 31.8. The molecule has 0 aliphatic heterocycles. The lowest BCUT2D eigenvalue weighted by Gasteiger charge is -2.04. The molecule has 1 aromatic carbocycles. The van der Waals surface area contributed by atoms with Gasteiger partial charge in [0.2, 0.25) is 5.13 Å². The molecule has 0 amide bonds. The summed E-state index contributed by atoms with van der Waals surface area (Å²) in [7, 11) is 1.83. The van der Waals surface area contributed by atoms with E-state index in [4.69, 9.17) is 0 Å². The van der Waals surface area contributed by atoms with E-state index in [0.29, 0.717) is 5.82 Å². The average Bonchev–Trinajstić information content (AvgIpc) is 3.20. The number of thioether (sulfide) groups is 1. The molecule has 3 aromatic rings. The van der Waals surface area contributed by atoms with Crippen molar-refractivity contribution in [2.75, 3.05) is 17.6 Å². The molecular formula is C16H16N6OS2. The van der Waals surface area contributed by atoms with Crippen LogP contribution in [-0.4, -0.2) is 37.2 Å². The molecule has 0 unspecified atom stereocenters. The van der Waals surface area contributed by atoms with Crippen molar-refractivity contribution in [3.8, 4) is 6.07 Å². The maximum absolute atomic E-state index is 10.4. The van der Waals surface area contributed by atoms with E-state index in [1.807, 2.05) is 42.8 Å². The van der Waals surface area contributed by atoms with Crippen molar-refractivity contribution >= 4 is 44.8 Å². The van der Waals surface area contributed by atoms with Gasteiger partial charge in [-0.3, -0.25) is 0 Å². The van der Waals surface area contributed by atoms with Gasteiger partial charge in [0.25, 0.3) is 0 Å². The van der Waals surface area contributed by atoms with Gasteiger partial charge < -0.3 is 15.0 Å². The van der Waals surface area contributed by atoms with Crippen molar-refractivity contribution in [1.29, 1.82) is 5.26 Å². The molecule has 7 nitrogen and oxygen atoms in total. The molecule has 2 heterocycles. The lowest BCUT2D eigenvalue weighted by molar-refractivity contribution is 0.420. The molecule has 0 fully saturated rings. The average molecular weight is 372 g/mol. The Hall–Kier alpha value is -2.57. The highest BCUT2D eigenvalue weighted by Crippen LogP contribution is 2.29. The van der Waals surface area contributed by atoms with Crippen LogP contribution in [-0.2, 0) is 7.05 Å². The van der Waals surface area contributed by atoms with Crippen LogP contribution in [0, 0.1) is 11.3 Å². The molecule has 0 saturated carbocycles. The molecule has 0 aliphatic rings. The highest BCUT2D eigenvalue weighted by atomic mass is 32.2. The molecular weight excluding hydrogens is 356 g/mol. The number of nitrogens with zero attached hydrogens (tertiary/aromatic N) is 5. The SMILES string of the molecule is CCNc1nnc(SCC(O)=C(C#N)c2nc3ccccc3n2C)s1. The summed E-state index contributed by atoms with van der Waals surface area (Å²) in [6, 6.07) is 9.68. The minimum Gasteiger partial charge on any atom is -0.510 e. The Balaban J connectivity index is 1.84. The van der Waals surface area contributed by atoms with Gasteiger partial charge in [0.1, 0.15) is 17.4 Å². The number of anilines is 1. The van der Waals surface area contributed by atoms with Gasteiger partial charge in [-0.25, -0.2) is 4.98 Å². The Labute approximate surface area is 153 Å². The smallest absolute Gasteiger partial charge is 0.206 e. The van der Waals surface area contributed by atoms with Gasteiger partial charge in [-0.1, -0.05) is 35.2 Å². The summed E-state index contributed by atoms with van der Waals surface area (Å²) in [5.41, 5.74) is 1.86. The van der Waals surface area contributed by atoms with Gasteiger partial charge in [0.05, 0.1) is 16.8 Å². The second kappa shape index (κ2) is 7.55. The van der Waals surface area contributed by atoms with Crippen molar-refractivity contribution in [1.82, 2.24) is 19.7 Å². The van der Waals surface area contributed by atoms with Crippen molar-refractivity contribution in [3.63, 3.8) is 0 Å². The largest absolute Gasteiger partial charge is 0.510 e. The summed E-state index contributed by atoms with van der Waals surface area (Å²) in [5.74, 6) is 0.658. The number of fused-ring (bicyclic) bond motifs is 1. The number of hydrogen-bond donors (Lipinski definition) is 2. The first-order chi connectivity index (χ1) is 12.1. The third-order valence-electron chi connectivity index (χ3n) is 3.48. The number of hydrogen-bond acceptors (Lipinski definition) is 8. The Morgan fingerprint density at radius 2 is 2.20 bits per heavy atom. The number of aliphatic hydroxyl groups is 1. The predicted molar refractivity (Wildman–Crippen MR) is 101 cm³/mol. The van der Waals surface area contributed by atoms with E-state index in [1.165, 1.54) is 23.1 Å². The summed E-state index contributed by atoms with van der Waals surface area (Å²) < 4.78 is 2.54. The minimum atomic E-state index is -0.0221. The fourth-order valence-electron chi connectivity index (χ4n) is 2.31. The van der Waals surface area contributed by atoms with Crippen LogP contribution in [0.3, 0.4) is 0 Å². The molecule has 25 heavy (non-hydrogen) atoms. The number of rotatable bonds is 6. The number of benzene rings is 1. The monoisotopic (exact) mass is 372 g/mol. The van der Waals surface area contributed by atoms with Crippen LogP contribution >= 0.6 is 23.1 Å². The zero-order valence-electron chi connectivity index (χ0n) is 13.7. The van der Waals surface area contributed by atoms with E-state index in [0.717, 1.165) is 27.0 Å². The summed E-state index contributed by atoms with van der Waals surface area (Å²) in [6.45, 7) is 2.76. The second-order valence-corrected chi connectivity index (χ2v) is 7.31. The van der Waals surface area contributed by atoms with Crippen LogP contribution in [0.1, 0.15) is 12.7 Å². The number of allylic oxidation sites excluding steroid dienone is 1. The van der Waals surface area contributed by atoms with Gasteiger partial charge in [-0.15, -0.1) is 10.2 Å². The summed E-state index contributed by atoms with van der Waals surface area (Å²) in [4.78, 5) is 4.47. The molecule has 2 N–H and O–H groups in total. The molecule has 0 spiro atoms. The van der Waals surface area contributed by atoms with E-state index >= 15 is 0 Å².